The van der Waals surface area contributed by atoms with Crippen LogP contribution in [0.5, 0.6) is 0 Å². The van der Waals surface area contributed by atoms with Crippen LogP contribution in [0.3, 0.4) is 0 Å². The Bertz CT molecular complexity index is 992. The predicted molar refractivity (Wildman–Crippen MR) is 106 cm³/mol. The molecule has 1 spiro atoms. The first-order valence-electron chi connectivity index (χ1n) is 10.3. The fraction of sp³-hybridized carbons (Fsp3) is 0.619. The lowest BCUT2D eigenvalue weighted by Gasteiger charge is -2.42. The molecule has 2 amide bonds. The molecule has 2 aromatic rings. The molecule has 29 heavy (non-hydrogen) atoms. The van der Waals surface area contributed by atoms with Crippen molar-refractivity contribution in [3.8, 4) is 0 Å². The van der Waals surface area contributed by atoms with Gasteiger partial charge in [-0.2, -0.15) is 5.10 Å². The Morgan fingerprint density at radius 1 is 1.24 bits per heavy atom. The minimum atomic E-state index is 0.0454. The highest BCUT2D eigenvalue weighted by Crippen LogP contribution is 2.50. The van der Waals surface area contributed by atoms with Gasteiger partial charge in [0.2, 0.25) is 5.91 Å². The average Bonchev–Trinajstić information content (AvgIpc) is 3.39. The van der Waals surface area contributed by atoms with Gasteiger partial charge in [-0.3, -0.25) is 14.3 Å². The van der Waals surface area contributed by atoms with Crippen LogP contribution in [0.15, 0.2) is 12.3 Å². The van der Waals surface area contributed by atoms with Gasteiger partial charge in [0.05, 0.1) is 36.4 Å². The number of hydrogen-bond donors (Lipinski definition) is 0. The Morgan fingerprint density at radius 3 is 2.72 bits per heavy atom. The van der Waals surface area contributed by atoms with Gasteiger partial charge in [0.15, 0.2) is 5.65 Å². The summed E-state index contributed by atoms with van der Waals surface area (Å²) in [4.78, 5) is 33.9. The molecule has 0 N–H and O–H groups in total. The molecule has 5 rings (SSSR count). The van der Waals surface area contributed by atoms with E-state index in [1.807, 2.05) is 29.8 Å². The van der Waals surface area contributed by atoms with E-state index in [2.05, 4.69) is 10.1 Å². The van der Waals surface area contributed by atoms with E-state index in [1.165, 1.54) is 0 Å². The number of amides is 2. The van der Waals surface area contributed by atoms with Crippen molar-refractivity contribution in [1.29, 1.82) is 0 Å². The maximum Gasteiger partial charge on any atom is 0.254 e. The molecule has 0 saturated carbocycles. The summed E-state index contributed by atoms with van der Waals surface area (Å²) in [7, 11) is 1.84. The molecule has 3 saturated heterocycles. The molecule has 0 bridgehead atoms. The molecule has 154 valence electrons. The first kappa shape index (κ1) is 18.5. The number of carbonyl (C=O) groups excluding carboxylic acids is 2. The third kappa shape index (κ3) is 2.76. The fourth-order valence-electron chi connectivity index (χ4n) is 5.62. The SMILES string of the molecule is CC(=O)N1CC2(CCN(C(=O)c3cc(C)nc4c3cnn4C)CC2)[C@H]2COC[C@H]21. The Hall–Kier alpha value is -2.48. The number of nitrogens with zero attached hydrogens (tertiary/aromatic N) is 5. The van der Waals surface area contributed by atoms with Crippen molar-refractivity contribution >= 4 is 22.8 Å². The van der Waals surface area contributed by atoms with E-state index in [4.69, 9.17) is 4.74 Å². The summed E-state index contributed by atoms with van der Waals surface area (Å²) in [5.74, 6) is 0.563. The molecule has 0 aliphatic carbocycles. The molecule has 8 heteroatoms. The van der Waals surface area contributed by atoms with E-state index in [0.717, 1.165) is 42.7 Å². The highest BCUT2D eigenvalue weighted by Gasteiger charge is 2.56. The Morgan fingerprint density at radius 2 is 2.00 bits per heavy atom. The van der Waals surface area contributed by atoms with Gasteiger partial charge in [0.1, 0.15) is 0 Å². The number of fused-ring (bicyclic) bond motifs is 3. The molecular formula is C21H27N5O3. The van der Waals surface area contributed by atoms with Crippen molar-refractivity contribution in [2.24, 2.45) is 18.4 Å². The third-order valence-electron chi connectivity index (χ3n) is 7.24. The summed E-state index contributed by atoms with van der Waals surface area (Å²) in [6, 6.07) is 2.07. The summed E-state index contributed by atoms with van der Waals surface area (Å²) in [5.41, 5.74) is 2.30. The fourth-order valence-corrected chi connectivity index (χ4v) is 5.62. The molecule has 5 heterocycles. The Labute approximate surface area is 169 Å². The quantitative estimate of drug-likeness (QED) is 0.726. The number of hydrogen-bond acceptors (Lipinski definition) is 5. The van der Waals surface area contributed by atoms with Gasteiger partial charge >= 0.3 is 0 Å². The average molecular weight is 397 g/mol. The normalized spacial score (nSPS) is 25.8. The molecule has 2 atom stereocenters. The Kier molecular flexibility index (Phi) is 4.17. The summed E-state index contributed by atoms with van der Waals surface area (Å²) in [6.45, 7) is 7.13. The van der Waals surface area contributed by atoms with E-state index >= 15 is 0 Å². The molecule has 2 aromatic heterocycles. The van der Waals surface area contributed by atoms with Crippen LogP contribution < -0.4 is 0 Å². The second kappa shape index (κ2) is 6.52. The topological polar surface area (TPSA) is 80.6 Å². The van der Waals surface area contributed by atoms with Crippen LogP contribution in [0.4, 0.5) is 0 Å². The van der Waals surface area contributed by atoms with Crippen molar-refractivity contribution in [1.82, 2.24) is 24.6 Å². The van der Waals surface area contributed by atoms with Crippen molar-refractivity contribution in [2.45, 2.75) is 32.7 Å². The second-order valence-corrected chi connectivity index (χ2v) is 8.83. The van der Waals surface area contributed by atoms with Gasteiger partial charge in [0.25, 0.3) is 5.91 Å². The van der Waals surface area contributed by atoms with Gasteiger partial charge < -0.3 is 14.5 Å². The van der Waals surface area contributed by atoms with Crippen LogP contribution in [0, 0.1) is 18.3 Å². The van der Waals surface area contributed by atoms with Crippen LogP contribution in [0.1, 0.15) is 35.8 Å². The van der Waals surface area contributed by atoms with Gasteiger partial charge in [-0.05, 0) is 31.2 Å². The van der Waals surface area contributed by atoms with E-state index in [-0.39, 0.29) is 23.3 Å². The van der Waals surface area contributed by atoms with Crippen LogP contribution >= 0.6 is 0 Å². The molecule has 0 unspecified atom stereocenters. The van der Waals surface area contributed by atoms with Crippen molar-refractivity contribution in [3.05, 3.63) is 23.5 Å². The maximum absolute atomic E-state index is 13.4. The maximum atomic E-state index is 13.4. The summed E-state index contributed by atoms with van der Waals surface area (Å²) < 4.78 is 7.44. The highest BCUT2D eigenvalue weighted by atomic mass is 16.5. The van der Waals surface area contributed by atoms with E-state index in [9.17, 15) is 9.59 Å². The van der Waals surface area contributed by atoms with Gasteiger partial charge in [0, 0.05) is 45.2 Å². The van der Waals surface area contributed by atoms with E-state index < -0.39 is 0 Å². The number of carbonyl (C=O) groups is 2. The van der Waals surface area contributed by atoms with Crippen LogP contribution in [-0.4, -0.2) is 75.3 Å². The summed E-state index contributed by atoms with van der Waals surface area (Å²) >= 11 is 0. The van der Waals surface area contributed by atoms with Gasteiger partial charge in [-0.25, -0.2) is 4.98 Å². The van der Waals surface area contributed by atoms with Crippen LogP contribution in [-0.2, 0) is 16.6 Å². The van der Waals surface area contributed by atoms with Crippen molar-refractivity contribution < 1.29 is 14.3 Å². The second-order valence-electron chi connectivity index (χ2n) is 8.83. The Balaban J connectivity index is 1.38. The molecule has 3 aliphatic heterocycles. The summed E-state index contributed by atoms with van der Waals surface area (Å²) in [6.07, 6.45) is 3.54. The van der Waals surface area contributed by atoms with E-state index in [1.54, 1.807) is 17.8 Å². The number of likely N-dealkylation sites (tertiary alicyclic amines) is 2. The highest BCUT2D eigenvalue weighted by molar-refractivity contribution is 6.05. The van der Waals surface area contributed by atoms with Crippen LogP contribution in [0.2, 0.25) is 0 Å². The molecule has 3 aliphatic rings. The number of pyridine rings is 1. The molecule has 0 aromatic carbocycles. The van der Waals surface area contributed by atoms with Gasteiger partial charge in [-0.15, -0.1) is 0 Å². The zero-order chi connectivity index (χ0) is 20.3. The lowest BCUT2D eigenvalue weighted by atomic mass is 9.70. The smallest absolute Gasteiger partial charge is 0.254 e. The van der Waals surface area contributed by atoms with E-state index in [0.29, 0.717) is 31.2 Å². The van der Waals surface area contributed by atoms with Crippen LogP contribution in [0.25, 0.3) is 11.0 Å². The molecule has 3 fully saturated rings. The number of aryl methyl sites for hydroxylation is 2. The number of rotatable bonds is 1. The largest absolute Gasteiger partial charge is 0.379 e. The minimum absolute atomic E-state index is 0.0454. The monoisotopic (exact) mass is 397 g/mol. The minimum Gasteiger partial charge on any atom is -0.379 e. The molecular weight excluding hydrogens is 370 g/mol. The standard InChI is InChI=1S/C21H27N5O3/c1-13-8-15(16-9-22-24(3)19(16)23-13)20(28)25-6-4-21(5-7-25)12-26(14(2)27)18-11-29-10-17(18)21/h8-9,17-18H,4-7,10-12H2,1-3H3/t17-,18+/m0/s1. The zero-order valence-electron chi connectivity index (χ0n) is 17.2. The lowest BCUT2D eigenvalue weighted by Crippen LogP contribution is -2.47. The molecule has 8 nitrogen and oxygen atoms in total. The van der Waals surface area contributed by atoms with Crippen molar-refractivity contribution in [3.63, 3.8) is 0 Å². The van der Waals surface area contributed by atoms with Gasteiger partial charge in [-0.1, -0.05) is 0 Å². The third-order valence-corrected chi connectivity index (χ3v) is 7.24. The lowest BCUT2D eigenvalue weighted by molar-refractivity contribution is -0.130. The zero-order valence-corrected chi connectivity index (χ0v) is 17.2. The summed E-state index contributed by atoms with van der Waals surface area (Å²) in [5, 5.41) is 5.08. The van der Waals surface area contributed by atoms with Crippen molar-refractivity contribution in [2.75, 3.05) is 32.8 Å². The molecule has 0 radical (unpaired) electrons. The number of ether oxygens (including phenoxy) is 1. The number of piperidine rings is 1. The first-order valence-corrected chi connectivity index (χ1v) is 10.3. The first-order chi connectivity index (χ1) is 13.9. The predicted octanol–water partition coefficient (Wildman–Crippen LogP) is 1.38. The number of aromatic nitrogens is 3.